The highest BCUT2D eigenvalue weighted by Gasteiger charge is 2.25. The lowest BCUT2D eigenvalue weighted by Crippen LogP contribution is -2.10. The van der Waals surface area contributed by atoms with Gasteiger partial charge in [0.15, 0.2) is 0 Å². The first-order chi connectivity index (χ1) is 64.0. The zero-order valence-corrected chi connectivity index (χ0v) is 75.5. The topological polar surface area (TPSA) is 272 Å². The molecule has 1 aliphatic carbocycles. The van der Waals surface area contributed by atoms with Gasteiger partial charge in [-0.05, 0) is 409 Å². The van der Waals surface area contributed by atoms with Gasteiger partial charge in [-0.2, -0.15) is 0 Å². The van der Waals surface area contributed by atoms with Gasteiger partial charge < -0.3 is 58.3 Å². The summed E-state index contributed by atoms with van der Waals surface area (Å²) in [6.07, 6.45) is 25.7. The van der Waals surface area contributed by atoms with Gasteiger partial charge in [-0.25, -0.2) is 19.2 Å². The van der Waals surface area contributed by atoms with Gasteiger partial charge in [-0.1, -0.05) is 77.6 Å². The molecular formula is C112H108N4O16. The SMILES string of the molecule is CCCCOc1cc2c(C=CC(=O)Oc3ccc(C=Nc4ccc(C)cc4O)cc3)c(c1)Cc1cc(OCCCC)cc(c1C=CC(=O)Oc1ccc(C=Nc3ccc(C)cc3O)cc1)Cc1cc(OCCCC)cc(c1C=CC(=O)Oc1ccc(C=Nc3ccc(C)cc3O)cc1)Cc1cc(OCCCC)cc(c1C=CC(=O)Oc1ccc(C=Nc3ccc(C)cc3O)cc1)C2. The van der Waals surface area contributed by atoms with Crippen LogP contribution in [0.1, 0.15) is 190 Å². The number of fused-ring (bicyclic) bond motifs is 8. The second-order valence-corrected chi connectivity index (χ2v) is 32.4. The van der Waals surface area contributed by atoms with Crippen LogP contribution in [0.25, 0.3) is 24.3 Å². The Morgan fingerprint density at radius 3 is 0.629 bits per heavy atom. The standard InChI is InChI=1S/C112H108N4O16/c1-9-13-49-125-93-61-81-57-83-63-94(126-50-14-10-2)65-85(98(83)38-46-110(122)130-90-31-23-78(24-32-90)70-114-102-42-18-74(6)54-106(102)118)59-87-67-96(128-52-16-12-4)68-88(100(87)40-48-112(124)132-92-35-27-80(28-36-92)72-116-104-44-20-76(8)56-108(104)120)60-86-66-95(127-51-15-11-3)64-84(99(86)39-47-111(123)131-91-33-25-79(26-34-91)71-115-103-43-19-75(7)55-107(103)119)58-82(62-93)97(81)37-45-109(121)129-89-29-21-77(22-30-89)69-113-101-41-17-73(5)53-105(101)117/h17-48,53-56,61-72,117-120H,9-16,49-52,57-60H2,1-8H3. The maximum atomic E-state index is 14.7. The molecule has 8 bridgehead atoms. The predicted octanol–water partition coefficient (Wildman–Crippen LogP) is 24.6. The lowest BCUT2D eigenvalue weighted by atomic mass is 9.84. The molecule has 132 heavy (non-hydrogen) atoms. The number of rotatable bonds is 36. The first-order valence-corrected chi connectivity index (χ1v) is 44.6. The molecule has 0 amide bonds. The molecule has 0 unspecified atom stereocenters. The predicted molar refractivity (Wildman–Crippen MR) is 523 cm³/mol. The normalized spacial score (nSPS) is 12.2. The number of aryl methyl sites for hydroxylation is 4. The highest BCUT2D eigenvalue weighted by atomic mass is 16.5. The van der Waals surface area contributed by atoms with Crippen molar-refractivity contribution in [1.82, 2.24) is 0 Å². The van der Waals surface area contributed by atoms with Gasteiger partial charge >= 0.3 is 23.9 Å². The molecule has 20 heteroatoms. The van der Waals surface area contributed by atoms with E-state index in [1.165, 1.54) is 24.3 Å². The van der Waals surface area contributed by atoms with Gasteiger partial charge in [0.1, 0.15) is 91.7 Å². The van der Waals surface area contributed by atoms with Crippen LogP contribution in [-0.2, 0) is 44.9 Å². The molecule has 0 fully saturated rings. The summed E-state index contributed by atoms with van der Waals surface area (Å²) in [7, 11) is 0. The Morgan fingerprint density at radius 1 is 0.265 bits per heavy atom. The lowest BCUT2D eigenvalue weighted by molar-refractivity contribution is -0.129. The average molecular weight is 1770 g/mol. The average Bonchev–Trinajstić information content (AvgIpc) is 0.764. The molecule has 0 aromatic heterocycles. The van der Waals surface area contributed by atoms with Crippen molar-refractivity contribution in [2.45, 2.75) is 132 Å². The van der Waals surface area contributed by atoms with Crippen molar-refractivity contribution in [3.8, 4) is 69.0 Å². The zero-order chi connectivity index (χ0) is 92.8. The largest absolute Gasteiger partial charge is 0.506 e. The maximum Gasteiger partial charge on any atom is 0.336 e. The summed E-state index contributed by atoms with van der Waals surface area (Å²) in [6.45, 7) is 17.3. The summed E-state index contributed by atoms with van der Waals surface area (Å²) >= 11 is 0. The molecule has 20 nitrogen and oxygen atoms in total. The molecule has 13 rings (SSSR count). The summed E-state index contributed by atoms with van der Waals surface area (Å²) in [5.74, 6) is 0.539. The number of aliphatic imine (C=N–C) groups is 4. The fourth-order valence-electron chi connectivity index (χ4n) is 14.7. The fraction of sp³-hybridized carbons (Fsp3) is 0.214. The minimum atomic E-state index is -0.694. The van der Waals surface area contributed by atoms with E-state index >= 15 is 0 Å². The minimum absolute atomic E-state index is 0.0446. The molecule has 1 aliphatic rings. The number of phenols is 4. The quantitative estimate of drug-likeness (QED) is 0.00934. The first-order valence-electron chi connectivity index (χ1n) is 44.6. The van der Waals surface area contributed by atoms with Crippen LogP contribution in [0, 0.1) is 27.7 Å². The molecular weight excluding hydrogens is 1660 g/mol. The van der Waals surface area contributed by atoms with Gasteiger partial charge in [0.2, 0.25) is 0 Å². The molecule has 0 aliphatic heterocycles. The Bertz CT molecular complexity index is 5510. The number of unbranched alkanes of at least 4 members (excludes halogenated alkanes) is 4. The number of carbonyl (C=O) groups is 4. The van der Waals surface area contributed by atoms with E-state index in [9.17, 15) is 39.6 Å². The molecule has 0 spiro atoms. The summed E-state index contributed by atoms with van der Waals surface area (Å²) in [4.78, 5) is 76.9. The van der Waals surface area contributed by atoms with Crippen LogP contribution in [0.5, 0.6) is 69.0 Å². The van der Waals surface area contributed by atoms with E-state index in [2.05, 4.69) is 47.7 Å². The van der Waals surface area contributed by atoms with Crippen molar-refractivity contribution < 1.29 is 77.5 Å². The third-order valence-corrected chi connectivity index (χ3v) is 21.8. The Labute approximate surface area is 770 Å². The Hall–Kier alpha value is -15.4. The van der Waals surface area contributed by atoms with E-state index in [1.807, 2.05) is 100 Å². The number of hydrogen-bond acceptors (Lipinski definition) is 20. The number of hydrogen-bond donors (Lipinski definition) is 4. The van der Waals surface area contributed by atoms with E-state index in [0.717, 1.165) is 73.6 Å². The van der Waals surface area contributed by atoms with Crippen molar-refractivity contribution in [1.29, 1.82) is 0 Å². The zero-order valence-electron chi connectivity index (χ0n) is 75.5. The Morgan fingerprint density at radius 2 is 0.455 bits per heavy atom. The molecule has 0 heterocycles. The first kappa shape index (κ1) is 94.2. The molecule has 12 aromatic carbocycles. The number of esters is 4. The van der Waals surface area contributed by atoms with Crippen molar-refractivity contribution in [2.24, 2.45) is 20.0 Å². The van der Waals surface area contributed by atoms with Crippen LogP contribution in [0.15, 0.2) is 263 Å². The number of ether oxygens (including phenoxy) is 8. The van der Waals surface area contributed by atoms with Crippen molar-refractivity contribution >= 4 is 95.8 Å². The maximum absolute atomic E-state index is 14.7. The minimum Gasteiger partial charge on any atom is -0.506 e. The summed E-state index contributed by atoms with van der Waals surface area (Å²) in [6, 6.07) is 64.1. The number of phenolic OH excluding ortho intramolecular Hbond substituents is 4. The van der Waals surface area contributed by atoms with Crippen LogP contribution in [0.4, 0.5) is 22.7 Å². The highest BCUT2D eigenvalue weighted by Crippen LogP contribution is 2.41. The van der Waals surface area contributed by atoms with Crippen LogP contribution >= 0.6 is 0 Å². The summed E-state index contributed by atoms with van der Waals surface area (Å²) < 4.78 is 51.7. The Kier molecular flexibility index (Phi) is 33.2. The van der Waals surface area contributed by atoms with E-state index < -0.39 is 23.9 Å². The van der Waals surface area contributed by atoms with Crippen molar-refractivity contribution in [2.75, 3.05) is 26.4 Å². The van der Waals surface area contributed by atoms with Crippen molar-refractivity contribution in [3.63, 3.8) is 0 Å². The van der Waals surface area contributed by atoms with Crippen molar-refractivity contribution in [3.05, 3.63) is 354 Å². The van der Waals surface area contributed by atoms with Crippen LogP contribution in [0.3, 0.4) is 0 Å². The monoisotopic (exact) mass is 1760 g/mol. The van der Waals surface area contributed by atoms with E-state index in [0.29, 0.717) is 161 Å². The van der Waals surface area contributed by atoms with E-state index in [1.54, 1.807) is 195 Å². The smallest absolute Gasteiger partial charge is 0.336 e. The Balaban J connectivity index is 0.990. The van der Waals surface area contributed by atoms with Gasteiger partial charge in [-0.15, -0.1) is 0 Å². The molecule has 4 N–H and O–H groups in total. The second-order valence-electron chi connectivity index (χ2n) is 32.4. The molecule has 0 radical (unpaired) electrons. The second kappa shape index (κ2) is 46.5. The van der Waals surface area contributed by atoms with Crippen LogP contribution in [-0.4, -0.2) is 95.6 Å². The molecule has 12 aromatic rings. The number of benzene rings is 12. The van der Waals surface area contributed by atoms with E-state index in [4.69, 9.17) is 37.9 Å². The molecule has 0 atom stereocenters. The molecule has 0 saturated heterocycles. The fourth-order valence-corrected chi connectivity index (χ4v) is 14.7. The summed E-state index contributed by atoms with van der Waals surface area (Å²) in [5.41, 5.74) is 15.9. The third kappa shape index (κ3) is 27.3. The number of nitrogens with zero attached hydrogens (tertiary/aromatic N) is 4. The number of aromatic hydroxyl groups is 4. The lowest BCUT2D eigenvalue weighted by Gasteiger charge is -2.23. The molecule has 672 valence electrons. The highest BCUT2D eigenvalue weighted by molar-refractivity contribution is 5.94. The van der Waals surface area contributed by atoms with Gasteiger partial charge in [0.05, 0.1) is 26.4 Å². The van der Waals surface area contributed by atoms with Gasteiger partial charge in [0.25, 0.3) is 0 Å². The van der Waals surface area contributed by atoms with Crippen LogP contribution in [0.2, 0.25) is 0 Å². The van der Waals surface area contributed by atoms with Gasteiger partial charge in [-0.3, -0.25) is 20.0 Å². The van der Waals surface area contributed by atoms with Gasteiger partial charge in [0, 0.05) is 49.2 Å². The third-order valence-electron chi connectivity index (χ3n) is 21.8. The molecule has 0 saturated carbocycles. The van der Waals surface area contributed by atoms with Crippen LogP contribution < -0.4 is 37.9 Å². The number of carbonyl (C=O) groups excluding carboxylic acids is 4. The summed E-state index contributed by atoms with van der Waals surface area (Å²) in [5, 5.41) is 42.4. The van der Waals surface area contributed by atoms with E-state index in [-0.39, 0.29) is 71.7 Å².